The molecule has 0 aromatic rings. The second kappa shape index (κ2) is 18.2. The molecule has 0 bridgehead atoms. The lowest BCUT2D eigenvalue weighted by Crippen LogP contribution is -1.92. The second-order valence-corrected chi connectivity index (χ2v) is 6.45. The first-order chi connectivity index (χ1) is 10.8. The molecule has 128 valence electrons. The number of rotatable bonds is 17. The second-order valence-electron chi connectivity index (χ2n) is 6.45. The molecule has 0 radical (unpaired) electrons. The Morgan fingerprint density at radius 2 is 1.09 bits per heavy atom. The van der Waals surface area contributed by atoms with Crippen molar-refractivity contribution >= 4 is 11.7 Å². The van der Waals surface area contributed by atoms with E-state index < -0.39 is 0 Å². The van der Waals surface area contributed by atoms with Gasteiger partial charge in [-0.2, -0.15) is 0 Å². The molecule has 0 heterocycles. The van der Waals surface area contributed by atoms with Gasteiger partial charge in [-0.1, -0.05) is 96.8 Å². The van der Waals surface area contributed by atoms with E-state index >= 15 is 0 Å². The molecule has 2 heteroatoms. The van der Waals surface area contributed by atoms with Crippen molar-refractivity contribution in [2.75, 3.05) is 0 Å². The lowest BCUT2D eigenvalue weighted by atomic mass is 10.0. The number of carbonyl (C=O) groups excluding carboxylic acids is 1. The van der Waals surface area contributed by atoms with Gasteiger partial charge in [0.25, 0.3) is 0 Å². The van der Waals surface area contributed by atoms with Gasteiger partial charge in [-0.15, -0.1) is 0 Å². The minimum Gasteiger partial charge on any atom is -0.294 e. The topological polar surface area (TPSA) is 40.9 Å². The van der Waals surface area contributed by atoms with E-state index in [2.05, 4.69) is 6.92 Å². The summed E-state index contributed by atoms with van der Waals surface area (Å²) < 4.78 is 0. The highest BCUT2D eigenvalue weighted by Crippen LogP contribution is 2.13. The van der Waals surface area contributed by atoms with Crippen molar-refractivity contribution in [2.45, 2.75) is 110 Å². The summed E-state index contributed by atoms with van der Waals surface area (Å²) >= 11 is 0. The maximum Gasteiger partial charge on any atom is 0.164 e. The molecular formula is C20H37NO. The van der Waals surface area contributed by atoms with Gasteiger partial charge in [-0.25, -0.2) is 0 Å². The molecule has 0 aromatic heterocycles. The number of hydrogen-bond acceptors (Lipinski definition) is 2. The van der Waals surface area contributed by atoms with Crippen molar-refractivity contribution in [2.24, 2.45) is 0 Å². The molecule has 0 atom stereocenters. The summed E-state index contributed by atoms with van der Waals surface area (Å²) in [4.78, 5) is 11.1. The van der Waals surface area contributed by atoms with Crippen LogP contribution in [0.3, 0.4) is 0 Å². The van der Waals surface area contributed by atoms with Crippen LogP contribution in [0.2, 0.25) is 0 Å². The smallest absolute Gasteiger partial charge is 0.164 e. The first-order valence-corrected chi connectivity index (χ1v) is 9.59. The minimum absolute atomic E-state index is 0.0460. The number of ketones is 1. The van der Waals surface area contributed by atoms with Crippen molar-refractivity contribution in [3.05, 3.63) is 6.08 Å². The summed E-state index contributed by atoms with van der Waals surface area (Å²) in [5, 5.41) is 6.70. The van der Waals surface area contributed by atoms with Gasteiger partial charge in [0.1, 0.15) is 0 Å². The Hall–Kier alpha value is -0.880. The lowest BCUT2D eigenvalue weighted by molar-refractivity contribution is -0.114. The summed E-state index contributed by atoms with van der Waals surface area (Å²) in [6.45, 7) is 2.27. The molecule has 0 unspecified atom stereocenters. The monoisotopic (exact) mass is 307 g/mol. The number of unbranched alkanes of at least 4 members (excludes halogenated alkanes) is 14. The summed E-state index contributed by atoms with van der Waals surface area (Å²) in [6, 6.07) is 0. The summed E-state index contributed by atoms with van der Waals surface area (Å²) in [7, 11) is 0. The van der Waals surface area contributed by atoms with E-state index in [0.29, 0.717) is 6.42 Å². The van der Waals surface area contributed by atoms with Crippen LogP contribution in [0.25, 0.3) is 0 Å². The molecule has 22 heavy (non-hydrogen) atoms. The van der Waals surface area contributed by atoms with E-state index in [4.69, 9.17) is 5.41 Å². The highest BCUT2D eigenvalue weighted by atomic mass is 16.1. The highest BCUT2D eigenvalue weighted by molar-refractivity contribution is 5.96. The largest absolute Gasteiger partial charge is 0.294 e. The predicted octanol–water partition coefficient (Wildman–Crippen LogP) is 6.62. The van der Waals surface area contributed by atoms with E-state index in [1.165, 1.54) is 89.5 Å². The summed E-state index contributed by atoms with van der Waals surface area (Å²) in [5.41, 5.74) is 0. The fourth-order valence-corrected chi connectivity index (χ4v) is 2.82. The SMILES string of the molecule is CCCCCCCCCCCCCCCCCC(=O)C=C=N. The Bertz CT molecular complexity index is 292. The Balaban J connectivity index is 3.05. The number of carbonyl (C=O) groups is 1. The van der Waals surface area contributed by atoms with Gasteiger partial charge in [-0.05, 0) is 12.3 Å². The molecule has 0 aliphatic carbocycles. The van der Waals surface area contributed by atoms with Crippen molar-refractivity contribution < 1.29 is 4.79 Å². The van der Waals surface area contributed by atoms with Crippen molar-refractivity contribution in [3.63, 3.8) is 0 Å². The average Bonchev–Trinajstić information content (AvgIpc) is 2.51. The van der Waals surface area contributed by atoms with Crippen LogP contribution < -0.4 is 0 Å². The maximum absolute atomic E-state index is 11.1. The van der Waals surface area contributed by atoms with E-state index in [-0.39, 0.29) is 5.78 Å². The Labute approximate surface area is 138 Å². The quantitative estimate of drug-likeness (QED) is 0.183. The first-order valence-electron chi connectivity index (χ1n) is 9.59. The van der Waals surface area contributed by atoms with Crippen LogP contribution in [-0.2, 0) is 4.79 Å². The zero-order valence-corrected chi connectivity index (χ0v) is 14.8. The third-order valence-electron chi connectivity index (χ3n) is 4.26. The molecule has 0 aliphatic rings. The first kappa shape index (κ1) is 21.1. The van der Waals surface area contributed by atoms with Gasteiger partial charge in [0.2, 0.25) is 0 Å². The molecule has 0 aromatic carbocycles. The third-order valence-corrected chi connectivity index (χ3v) is 4.26. The van der Waals surface area contributed by atoms with Gasteiger partial charge in [0.15, 0.2) is 5.78 Å². The molecule has 0 aliphatic heterocycles. The standard InChI is InChI=1S/C20H37NO/c1-2-3-4-5-6-7-8-9-10-11-12-13-14-15-16-17-20(22)18-19-21/h18,21H,2-17H2,1H3. The molecule has 0 saturated heterocycles. The molecule has 0 spiro atoms. The van der Waals surface area contributed by atoms with Crippen LogP contribution in [0.5, 0.6) is 0 Å². The highest BCUT2D eigenvalue weighted by Gasteiger charge is 1.97. The van der Waals surface area contributed by atoms with Crippen LogP contribution in [0.1, 0.15) is 110 Å². The van der Waals surface area contributed by atoms with Gasteiger partial charge in [-0.3, -0.25) is 10.2 Å². The van der Waals surface area contributed by atoms with Gasteiger partial charge in [0, 0.05) is 12.5 Å². The molecule has 1 N–H and O–H groups in total. The van der Waals surface area contributed by atoms with E-state index in [1.807, 2.05) is 5.87 Å². The predicted molar refractivity (Wildman–Crippen MR) is 96.8 cm³/mol. The maximum atomic E-state index is 11.1. The zero-order valence-electron chi connectivity index (χ0n) is 14.8. The third kappa shape index (κ3) is 17.2. The number of allylic oxidation sites excluding steroid dienone is 1. The molecule has 0 fully saturated rings. The fraction of sp³-hybridized carbons (Fsp3) is 0.850. The molecule has 0 saturated carbocycles. The van der Waals surface area contributed by atoms with Crippen molar-refractivity contribution in [3.8, 4) is 0 Å². The van der Waals surface area contributed by atoms with Crippen LogP contribution in [-0.4, -0.2) is 11.7 Å². The molecule has 0 rings (SSSR count). The van der Waals surface area contributed by atoms with Crippen LogP contribution in [0.4, 0.5) is 0 Å². The molecule has 2 nitrogen and oxygen atoms in total. The van der Waals surface area contributed by atoms with Crippen LogP contribution >= 0.6 is 0 Å². The fourth-order valence-electron chi connectivity index (χ4n) is 2.82. The summed E-state index contributed by atoms with van der Waals surface area (Å²) in [6.07, 6.45) is 22.0. The number of nitrogens with one attached hydrogen (secondary N) is 1. The van der Waals surface area contributed by atoms with E-state index in [9.17, 15) is 4.79 Å². The van der Waals surface area contributed by atoms with Crippen molar-refractivity contribution in [1.29, 1.82) is 5.41 Å². The van der Waals surface area contributed by atoms with E-state index in [1.54, 1.807) is 0 Å². The Kier molecular flexibility index (Phi) is 17.4. The Morgan fingerprint density at radius 1 is 0.727 bits per heavy atom. The van der Waals surface area contributed by atoms with Gasteiger partial charge >= 0.3 is 0 Å². The zero-order chi connectivity index (χ0) is 16.3. The summed E-state index contributed by atoms with van der Waals surface area (Å²) in [5.74, 6) is 2.09. The Morgan fingerprint density at radius 3 is 1.45 bits per heavy atom. The van der Waals surface area contributed by atoms with Crippen molar-refractivity contribution in [1.82, 2.24) is 0 Å². The molecule has 0 amide bonds. The normalized spacial score (nSPS) is 10.4. The molecular weight excluding hydrogens is 270 g/mol. The average molecular weight is 308 g/mol. The lowest BCUT2D eigenvalue weighted by Gasteiger charge is -2.03. The minimum atomic E-state index is 0.0460. The van der Waals surface area contributed by atoms with E-state index in [0.717, 1.165) is 12.8 Å². The van der Waals surface area contributed by atoms with Crippen LogP contribution in [0.15, 0.2) is 6.08 Å². The van der Waals surface area contributed by atoms with Gasteiger partial charge in [0.05, 0.1) is 0 Å². The number of hydrogen-bond donors (Lipinski definition) is 1. The van der Waals surface area contributed by atoms with Gasteiger partial charge < -0.3 is 0 Å². The van der Waals surface area contributed by atoms with Crippen LogP contribution in [0, 0.1) is 5.41 Å².